The van der Waals surface area contributed by atoms with Crippen LogP contribution in [0.3, 0.4) is 0 Å². The molecule has 106 valence electrons. The van der Waals surface area contributed by atoms with Crippen LogP contribution in [0.25, 0.3) is 6.08 Å². The number of anilines is 1. The lowest BCUT2D eigenvalue weighted by molar-refractivity contribution is 0.287. The summed E-state index contributed by atoms with van der Waals surface area (Å²) in [5, 5.41) is 3.94. The van der Waals surface area contributed by atoms with Gasteiger partial charge >= 0.3 is 0 Å². The van der Waals surface area contributed by atoms with Crippen LogP contribution in [0.5, 0.6) is 0 Å². The highest BCUT2D eigenvalue weighted by molar-refractivity contribution is 5.60. The molecule has 0 aliphatic heterocycles. The van der Waals surface area contributed by atoms with Gasteiger partial charge in [-0.2, -0.15) is 0 Å². The van der Waals surface area contributed by atoms with Gasteiger partial charge in [-0.3, -0.25) is 0 Å². The highest BCUT2D eigenvalue weighted by Gasteiger charge is 2.66. The maximum absolute atomic E-state index is 6.59. The van der Waals surface area contributed by atoms with Crippen molar-refractivity contribution in [3.8, 4) is 0 Å². The van der Waals surface area contributed by atoms with E-state index in [-0.39, 0.29) is 11.1 Å². The highest BCUT2D eigenvalue weighted by Crippen LogP contribution is 2.64. The number of hydrogen-bond donors (Lipinski definition) is 2. The summed E-state index contributed by atoms with van der Waals surface area (Å²) in [6.45, 7) is 6.04. The number of aryl methyl sites for hydroxylation is 1. The van der Waals surface area contributed by atoms with Crippen molar-refractivity contribution in [2.24, 2.45) is 17.6 Å². The van der Waals surface area contributed by atoms with E-state index in [9.17, 15) is 0 Å². The molecule has 2 heteroatoms. The zero-order valence-corrected chi connectivity index (χ0v) is 12.3. The van der Waals surface area contributed by atoms with Crippen LogP contribution in [0.15, 0.2) is 24.8 Å². The Hall–Kier alpha value is -1.28. The fraction of sp³-hybridized carbons (Fsp3) is 0.556. The Kier molecular flexibility index (Phi) is 2.42. The van der Waals surface area contributed by atoms with Crippen LogP contribution in [0.2, 0.25) is 0 Å². The topological polar surface area (TPSA) is 38.0 Å². The molecule has 3 saturated carbocycles. The molecule has 20 heavy (non-hydrogen) atoms. The van der Waals surface area contributed by atoms with Crippen LogP contribution >= 0.6 is 0 Å². The quantitative estimate of drug-likeness (QED) is 0.877. The molecule has 0 spiro atoms. The molecule has 1 aromatic carbocycles. The van der Waals surface area contributed by atoms with E-state index >= 15 is 0 Å². The summed E-state index contributed by atoms with van der Waals surface area (Å²) in [6, 6.07) is 6.59. The molecule has 3 aliphatic rings. The van der Waals surface area contributed by atoms with E-state index in [2.05, 4.69) is 37.0 Å². The van der Waals surface area contributed by atoms with Crippen molar-refractivity contribution in [1.29, 1.82) is 0 Å². The second-order valence-corrected chi connectivity index (χ2v) is 7.36. The van der Waals surface area contributed by atoms with Crippen molar-refractivity contribution in [3.63, 3.8) is 0 Å². The summed E-state index contributed by atoms with van der Waals surface area (Å²) in [5.41, 5.74) is 10.8. The average Bonchev–Trinajstić information content (AvgIpc) is 2.89. The standard InChI is InChI=1S/C18H24N2/c1-3-13-4-7-16(12(2)8-13)20-18-11-17(19)9-14(18)5-6-15(18)10-17/h3-4,7-8,14-15,20H,1,5-6,9-11,19H2,2H3. The summed E-state index contributed by atoms with van der Waals surface area (Å²) in [5.74, 6) is 1.56. The van der Waals surface area contributed by atoms with Crippen LogP contribution < -0.4 is 11.1 Å². The van der Waals surface area contributed by atoms with Gasteiger partial charge in [0.25, 0.3) is 0 Å². The van der Waals surface area contributed by atoms with Crippen molar-refractivity contribution < 1.29 is 0 Å². The summed E-state index contributed by atoms with van der Waals surface area (Å²) in [4.78, 5) is 0. The van der Waals surface area contributed by atoms with E-state index < -0.39 is 0 Å². The normalized spacial score (nSPS) is 41.1. The number of hydrogen-bond acceptors (Lipinski definition) is 2. The van der Waals surface area contributed by atoms with Gasteiger partial charge in [0.15, 0.2) is 0 Å². The molecule has 2 atom stereocenters. The molecule has 0 saturated heterocycles. The fourth-order valence-corrected chi connectivity index (χ4v) is 5.35. The molecule has 4 rings (SSSR count). The van der Waals surface area contributed by atoms with Crippen LogP contribution in [0.1, 0.15) is 43.2 Å². The lowest BCUT2D eigenvalue weighted by atomic mass is 9.80. The number of rotatable bonds is 3. The minimum absolute atomic E-state index is 0.119. The van der Waals surface area contributed by atoms with Crippen molar-refractivity contribution in [3.05, 3.63) is 35.9 Å². The fourth-order valence-electron chi connectivity index (χ4n) is 5.35. The largest absolute Gasteiger partial charge is 0.379 e. The van der Waals surface area contributed by atoms with Gasteiger partial charge in [0.05, 0.1) is 0 Å². The van der Waals surface area contributed by atoms with Gasteiger partial charge in [0, 0.05) is 16.8 Å². The molecule has 0 heterocycles. The molecule has 0 radical (unpaired) electrons. The van der Waals surface area contributed by atoms with Gasteiger partial charge in [-0.15, -0.1) is 0 Å². The number of fused-ring (bicyclic) bond motifs is 1. The number of nitrogens with one attached hydrogen (secondary N) is 1. The van der Waals surface area contributed by atoms with Gasteiger partial charge < -0.3 is 11.1 Å². The first kappa shape index (κ1) is 12.5. The second kappa shape index (κ2) is 3.88. The summed E-state index contributed by atoms with van der Waals surface area (Å²) < 4.78 is 0. The molecule has 3 aliphatic carbocycles. The van der Waals surface area contributed by atoms with Gasteiger partial charge in [-0.1, -0.05) is 24.8 Å². The monoisotopic (exact) mass is 268 g/mol. The van der Waals surface area contributed by atoms with Crippen molar-refractivity contribution >= 4 is 11.8 Å². The summed E-state index contributed by atoms with van der Waals surface area (Å²) in [7, 11) is 0. The van der Waals surface area contributed by atoms with Crippen LogP contribution in [-0.2, 0) is 0 Å². The van der Waals surface area contributed by atoms with E-state index in [1.54, 1.807) is 0 Å². The average molecular weight is 268 g/mol. The molecule has 3 N–H and O–H groups in total. The van der Waals surface area contributed by atoms with Crippen LogP contribution in [0, 0.1) is 18.8 Å². The van der Waals surface area contributed by atoms with Crippen molar-refractivity contribution in [2.75, 3.05) is 5.32 Å². The number of nitrogens with two attached hydrogens (primary N) is 1. The predicted molar refractivity (Wildman–Crippen MR) is 84.6 cm³/mol. The zero-order valence-electron chi connectivity index (χ0n) is 12.3. The molecule has 2 bridgehead atoms. The minimum atomic E-state index is 0.119. The van der Waals surface area contributed by atoms with E-state index in [1.165, 1.54) is 42.5 Å². The van der Waals surface area contributed by atoms with Crippen molar-refractivity contribution in [1.82, 2.24) is 0 Å². The maximum Gasteiger partial charge on any atom is 0.0448 e. The third kappa shape index (κ3) is 1.54. The van der Waals surface area contributed by atoms with Gasteiger partial charge in [0.1, 0.15) is 0 Å². The predicted octanol–water partition coefficient (Wildman–Crippen LogP) is 3.71. The molecular formula is C18H24N2. The SMILES string of the molecule is C=Cc1ccc(NC23CC4(N)CC2CCC3C4)c(C)c1. The Morgan fingerprint density at radius 1 is 1.30 bits per heavy atom. The Balaban J connectivity index is 1.68. The van der Waals surface area contributed by atoms with E-state index in [0.29, 0.717) is 0 Å². The molecule has 1 aromatic rings. The van der Waals surface area contributed by atoms with Crippen LogP contribution in [-0.4, -0.2) is 11.1 Å². The van der Waals surface area contributed by atoms with Gasteiger partial charge in [0.2, 0.25) is 0 Å². The Labute approximate surface area is 121 Å². The summed E-state index contributed by atoms with van der Waals surface area (Å²) in [6.07, 6.45) is 8.24. The Morgan fingerprint density at radius 3 is 2.60 bits per heavy atom. The lowest BCUT2D eigenvalue weighted by Gasteiger charge is -2.37. The third-order valence-corrected chi connectivity index (χ3v) is 6.12. The van der Waals surface area contributed by atoms with Gasteiger partial charge in [-0.25, -0.2) is 0 Å². The molecule has 2 nitrogen and oxygen atoms in total. The van der Waals surface area contributed by atoms with Crippen molar-refractivity contribution in [2.45, 2.75) is 50.1 Å². The lowest BCUT2D eigenvalue weighted by Crippen LogP contribution is -2.43. The van der Waals surface area contributed by atoms with Gasteiger partial charge in [-0.05, 0) is 68.1 Å². The second-order valence-electron chi connectivity index (χ2n) is 7.36. The molecule has 0 aromatic heterocycles. The molecule has 3 fully saturated rings. The first-order chi connectivity index (χ1) is 9.55. The first-order valence-electron chi connectivity index (χ1n) is 7.85. The smallest absolute Gasteiger partial charge is 0.0448 e. The molecule has 2 unspecified atom stereocenters. The van der Waals surface area contributed by atoms with E-state index in [1.807, 2.05) is 6.08 Å². The zero-order chi connectivity index (χ0) is 14.0. The number of benzene rings is 1. The Morgan fingerprint density at radius 2 is 2.00 bits per heavy atom. The molecular weight excluding hydrogens is 244 g/mol. The van der Waals surface area contributed by atoms with E-state index in [0.717, 1.165) is 18.3 Å². The summed E-state index contributed by atoms with van der Waals surface area (Å²) >= 11 is 0. The highest BCUT2D eigenvalue weighted by atomic mass is 15.1. The van der Waals surface area contributed by atoms with Crippen LogP contribution in [0.4, 0.5) is 5.69 Å². The molecule has 0 amide bonds. The maximum atomic E-state index is 6.59. The van der Waals surface area contributed by atoms with E-state index in [4.69, 9.17) is 5.73 Å². The minimum Gasteiger partial charge on any atom is -0.379 e. The Bertz CT molecular complexity index is 561. The third-order valence-electron chi connectivity index (χ3n) is 6.12. The first-order valence-corrected chi connectivity index (χ1v) is 7.85.